The lowest BCUT2D eigenvalue weighted by Gasteiger charge is -2.10. The first-order valence-corrected chi connectivity index (χ1v) is 7.72. The zero-order valence-corrected chi connectivity index (χ0v) is 14.0. The predicted octanol–water partition coefficient (Wildman–Crippen LogP) is 3.69. The molecule has 0 aliphatic rings. The minimum absolute atomic E-state index is 0.122. The van der Waals surface area contributed by atoms with Crippen LogP contribution in [0.15, 0.2) is 54.7 Å². The highest BCUT2D eigenvalue weighted by molar-refractivity contribution is 5.96. The van der Waals surface area contributed by atoms with Gasteiger partial charge in [-0.1, -0.05) is 42.0 Å². The van der Waals surface area contributed by atoms with Crippen LogP contribution in [0.1, 0.15) is 21.6 Å². The van der Waals surface area contributed by atoms with Crippen LogP contribution in [0.4, 0.5) is 5.69 Å². The molecular formula is C20H17N3O2. The van der Waals surface area contributed by atoms with Gasteiger partial charge in [-0.15, -0.1) is 0 Å². The van der Waals surface area contributed by atoms with Crippen molar-refractivity contribution in [3.63, 3.8) is 0 Å². The molecule has 0 saturated heterocycles. The number of nitriles is 1. The average Bonchev–Trinajstić information content (AvgIpc) is 2.97. The van der Waals surface area contributed by atoms with E-state index in [-0.39, 0.29) is 16.9 Å². The van der Waals surface area contributed by atoms with Crippen molar-refractivity contribution in [3.8, 4) is 22.9 Å². The number of methoxy groups -OCH3 is 1. The van der Waals surface area contributed by atoms with Gasteiger partial charge in [0.2, 0.25) is 0 Å². The number of nitrogens with zero attached hydrogens (tertiary/aromatic N) is 2. The molecule has 1 aromatic heterocycles. The number of ether oxygens (including phenoxy) is 1. The summed E-state index contributed by atoms with van der Waals surface area (Å²) in [5.41, 5.74) is 10.5. The number of nitrogen functional groups attached to an aromatic ring is 1. The fourth-order valence-electron chi connectivity index (χ4n) is 2.76. The van der Waals surface area contributed by atoms with E-state index in [9.17, 15) is 10.1 Å². The summed E-state index contributed by atoms with van der Waals surface area (Å²) < 4.78 is 6.38. The number of carbonyl (C=O) groups excluding carboxylic acids is 1. The van der Waals surface area contributed by atoms with E-state index in [1.807, 2.05) is 55.5 Å². The van der Waals surface area contributed by atoms with E-state index in [0.717, 1.165) is 16.8 Å². The summed E-state index contributed by atoms with van der Waals surface area (Å²) in [5, 5.41) is 9.18. The second-order valence-corrected chi connectivity index (χ2v) is 5.69. The topological polar surface area (TPSA) is 81.0 Å². The monoisotopic (exact) mass is 331 g/mol. The Morgan fingerprint density at radius 1 is 1.16 bits per heavy atom. The van der Waals surface area contributed by atoms with Gasteiger partial charge < -0.3 is 15.0 Å². The largest absolute Gasteiger partial charge is 0.464 e. The van der Waals surface area contributed by atoms with Gasteiger partial charge in [0, 0.05) is 11.9 Å². The van der Waals surface area contributed by atoms with Crippen LogP contribution < -0.4 is 5.73 Å². The first-order valence-electron chi connectivity index (χ1n) is 7.72. The van der Waals surface area contributed by atoms with Crippen LogP contribution >= 0.6 is 0 Å². The lowest BCUT2D eigenvalue weighted by atomic mass is 10.0. The molecular weight excluding hydrogens is 314 g/mol. The fraction of sp³-hybridized carbons (Fsp3) is 0.100. The Hall–Kier alpha value is -3.52. The zero-order valence-electron chi connectivity index (χ0n) is 14.0. The highest BCUT2D eigenvalue weighted by Gasteiger charge is 2.21. The van der Waals surface area contributed by atoms with Crippen molar-refractivity contribution in [2.24, 2.45) is 0 Å². The van der Waals surface area contributed by atoms with Crippen molar-refractivity contribution in [3.05, 3.63) is 71.5 Å². The van der Waals surface area contributed by atoms with Gasteiger partial charge in [-0.3, -0.25) is 0 Å². The van der Waals surface area contributed by atoms with Crippen LogP contribution in [0.2, 0.25) is 0 Å². The maximum Gasteiger partial charge on any atom is 0.357 e. The van der Waals surface area contributed by atoms with Gasteiger partial charge in [0.05, 0.1) is 18.4 Å². The maximum atomic E-state index is 12.1. The zero-order chi connectivity index (χ0) is 18.0. The Bertz CT molecular complexity index is 979. The molecule has 0 spiro atoms. The molecule has 0 radical (unpaired) electrons. The Kier molecular flexibility index (Phi) is 4.27. The third-order valence-corrected chi connectivity index (χ3v) is 4.04. The number of benzene rings is 2. The molecule has 2 aromatic carbocycles. The summed E-state index contributed by atoms with van der Waals surface area (Å²) in [5.74, 6) is -0.582. The molecule has 0 aliphatic heterocycles. The smallest absolute Gasteiger partial charge is 0.357 e. The van der Waals surface area contributed by atoms with Gasteiger partial charge in [-0.25, -0.2) is 4.79 Å². The summed E-state index contributed by atoms with van der Waals surface area (Å²) in [7, 11) is 1.28. The summed E-state index contributed by atoms with van der Waals surface area (Å²) in [4.78, 5) is 12.1. The van der Waals surface area contributed by atoms with E-state index in [2.05, 4.69) is 6.07 Å². The highest BCUT2D eigenvalue weighted by atomic mass is 16.5. The van der Waals surface area contributed by atoms with E-state index < -0.39 is 5.97 Å². The summed E-state index contributed by atoms with van der Waals surface area (Å²) in [6.07, 6.45) is 1.54. The van der Waals surface area contributed by atoms with Crippen molar-refractivity contribution in [1.82, 2.24) is 4.57 Å². The molecule has 0 fully saturated rings. The van der Waals surface area contributed by atoms with Crippen molar-refractivity contribution in [2.45, 2.75) is 6.92 Å². The van der Waals surface area contributed by atoms with Crippen LogP contribution in [0, 0.1) is 18.3 Å². The lowest BCUT2D eigenvalue weighted by molar-refractivity contribution is 0.0593. The molecule has 0 aliphatic carbocycles. The maximum absolute atomic E-state index is 12.1. The van der Waals surface area contributed by atoms with Crippen molar-refractivity contribution < 1.29 is 9.53 Å². The minimum Gasteiger partial charge on any atom is -0.464 e. The average molecular weight is 331 g/mol. The third kappa shape index (κ3) is 2.98. The van der Waals surface area contributed by atoms with E-state index in [1.54, 1.807) is 10.8 Å². The van der Waals surface area contributed by atoms with E-state index in [4.69, 9.17) is 10.5 Å². The predicted molar refractivity (Wildman–Crippen MR) is 96.4 cm³/mol. The summed E-state index contributed by atoms with van der Waals surface area (Å²) >= 11 is 0. The molecule has 5 nitrogen and oxygen atoms in total. The van der Waals surface area contributed by atoms with Crippen LogP contribution in [0.3, 0.4) is 0 Å². The van der Waals surface area contributed by atoms with Gasteiger partial charge in [0.15, 0.2) is 5.69 Å². The molecule has 3 rings (SSSR count). The minimum atomic E-state index is -0.582. The molecule has 25 heavy (non-hydrogen) atoms. The van der Waals surface area contributed by atoms with Gasteiger partial charge in [-0.2, -0.15) is 5.26 Å². The number of nitrogens with two attached hydrogens (primary N) is 1. The number of aromatic nitrogens is 1. The molecule has 0 saturated carbocycles. The molecule has 3 aromatic rings. The lowest BCUT2D eigenvalue weighted by Crippen LogP contribution is -2.11. The van der Waals surface area contributed by atoms with Crippen LogP contribution in [-0.2, 0) is 4.74 Å². The SMILES string of the molecule is COC(=O)c1c(N)c(C#N)cn1-c1ccc(-c2cccc(C)c2)cc1. The van der Waals surface area contributed by atoms with Crippen molar-refractivity contribution in [2.75, 3.05) is 12.8 Å². The van der Waals surface area contributed by atoms with Gasteiger partial charge in [0.1, 0.15) is 6.07 Å². The number of hydrogen-bond acceptors (Lipinski definition) is 4. The van der Waals surface area contributed by atoms with Crippen LogP contribution in [0.5, 0.6) is 0 Å². The standard InChI is InChI=1S/C20H17N3O2/c1-13-4-3-5-15(10-13)14-6-8-17(9-7-14)23-12-16(11-21)18(22)19(23)20(24)25-2/h3-10,12H,22H2,1-2H3. The quantitative estimate of drug-likeness (QED) is 0.742. The number of hydrogen-bond donors (Lipinski definition) is 1. The molecule has 0 atom stereocenters. The Labute approximate surface area is 145 Å². The van der Waals surface area contributed by atoms with Crippen LogP contribution in [-0.4, -0.2) is 17.6 Å². The number of anilines is 1. The molecule has 2 N–H and O–H groups in total. The number of esters is 1. The molecule has 0 bridgehead atoms. The second kappa shape index (κ2) is 6.54. The fourth-order valence-corrected chi connectivity index (χ4v) is 2.76. The van der Waals surface area contributed by atoms with Crippen molar-refractivity contribution >= 4 is 11.7 Å². The highest BCUT2D eigenvalue weighted by Crippen LogP contribution is 2.27. The normalized spacial score (nSPS) is 10.3. The number of rotatable bonds is 3. The van der Waals surface area contributed by atoms with Gasteiger partial charge in [-0.05, 0) is 30.2 Å². The third-order valence-electron chi connectivity index (χ3n) is 4.04. The number of carbonyl (C=O) groups is 1. The molecule has 5 heteroatoms. The molecule has 0 amide bonds. The van der Waals surface area contributed by atoms with E-state index >= 15 is 0 Å². The van der Waals surface area contributed by atoms with E-state index in [0.29, 0.717) is 0 Å². The Morgan fingerprint density at radius 3 is 2.48 bits per heavy atom. The first-order chi connectivity index (χ1) is 12.0. The Balaban J connectivity index is 2.06. The van der Waals surface area contributed by atoms with Crippen molar-refractivity contribution in [1.29, 1.82) is 5.26 Å². The molecule has 0 unspecified atom stereocenters. The van der Waals surface area contributed by atoms with Gasteiger partial charge in [0.25, 0.3) is 0 Å². The second-order valence-electron chi connectivity index (χ2n) is 5.69. The Morgan fingerprint density at radius 2 is 1.88 bits per heavy atom. The van der Waals surface area contributed by atoms with Crippen LogP contribution in [0.25, 0.3) is 16.8 Å². The number of aryl methyl sites for hydroxylation is 1. The van der Waals surface area contributed by atoms with E-state index in [1.165, 1.54) is 12.7 Å². The van der Waals surface area contributed by atoms with Gasteiger partial charge >= 0.3 is 5.97 Å². The summed E-state index contributed by atoms with van der Waals surface area (Å²) in [6, 6.07) is 17.9. The molecule has 124 valence electrons. The first kappa shape index (κ1) is 16.3. The summed E-state index contributed by atoms with van der Waals surface area (Å²) in [6.45, 7) is 2.05. The molecule has 1 heterocycles.